The number of halogens is 5. The van der Waals surface area contributed by atoms with E-state index < -0.39 is 24.4 Å². The largest absolute Gasteiger partial charge is 0.522 e. The van der Waals surface area contributed by atoms with Crippen molar-refractivity contribution in [1.82, 2.24) is 10.2 Å². The first kappa shape index (κ1) is 24.5. The van der Waals surface area contributed by atoms with Crippen molar-refractivity contribution in [1.29, 1.82) is 0 Å². The molecule has 32 heavy (non-hydrogen) atoms. The Morgan fingerprint density at radius 2 is 1.94 bits per heavy atom. The van der Waals surface area contributed by atoms with Gasteiger partial charge in [-0.05, 0) is 24.5 Å². The smallest absolute Gasteiger partial charge is 0.484 e. The summed E-state index contributed by atoms with van der Waals surface area (Å²) in [6.45, 7) is 0.809. The Kier molecular flexibility index (Phi) is 8.18. The lowest BCUT2D eigenvalue weighted by molar-refractivity contribution is -0.357. The van der Waals surface area contributed by atoms with Crippen molar-refractivity contribution >= 4 is 23.4 Å². The van der Waals surface area contributed by atoms with Gasteiger partial charge in [0, 0.05) is 38.5 Å². The van der Waals surface area contributed by atoms with Crippen molar-refractivity contribution in [2.24, 2.45) is 5.92 Å². The molecule has 1 aliphatic carbocycles. The number of carbonyl (C=O) groups is 2. The summed E-state index contributed by atoms with van der Waals surface area (Å²) >= 11 is 5.58. The van der Waals surface area contributed by atoms with Crippen molar-refractivity contribution in [3.63, 3.8) is 0 Å². The standard InChI is InChI=1S/C20H23ClF4N2O5/c21-16-2-1-13(7-17(16)22)30-10-18(28)26-8-12-3-4-27(9-12)19(29)11-31-14-5-15(6-14)32-20(23,24)25/h1-2,7,12,14-15H,3-6,8-11H2,(H,26,28)/t12-,14-,15+/m1/s1. The number of amides is 2. The predicted octanol–water partition coefficient (Wildman–Crippen LogP) is 2.91. The Morgan fingerprint density at radius 1 is 1.19 bits per heavy atom. The van der Waals surface area contributed by atoms with Crippen LogP contribution in [0.4, 0.5) is 17.6 Å². The Balaban J connectivity index is 1.27. The summed E-state index contributed by atoms with van der Waals surface area (Å²) in [5.41, 5.74) is 0. The molecule has 2 amide bonds. The van der Waals surface area contributed by atoms with E-state index in [1.54, 1.807) is 4.90 Å². The second-order valence-electron chi connectivity index (χ2n) is 7.75. The average Bonchev–Trinajstić information content (AvgIpc) is 3.17. The van der Waals surface area contributed by atoms with Gasteiger partial charge in [-0.1, -0.05) is 11.6 Å². The van der Waals surface area contributed by atoms with Crippen LogP contribution in [0.3, 0.4) is 0 Å². The SMILES string of the molecule is O=C(COc1ccc(Cl)c(F)c1)NC[C@H]1CCN(C(=O)CO[C@H]2C[C@@H](OC(F)(F)F)C2)C1. The third kappa shape index (κ3) is 7.49. The van der Waals surface area contributed by atoms with E-state index in [0.29, 0.717) is 26.1 Å². The molecule has 1 saturated carbocycles. The molecule has 0 radical (unpaired) electrons. The first-order valence-electron chi connectivity index (χ1n) is 10.1. The van der Waals surface area contributed by atoms with Crippen LogP contribution in [0.15, 0.2) is 18.2 Å². The second-order valence-corrected chi connectivity index (χ2v) is 8.16. The minimum atomic E-state index is -4.66. The maximum absolute atomic E-state index is 13.4. The molecule has 3 rings (SSSR count). The molecule has 0 aromatic heterocycles. The summed E-state index contributed by atoms with van der Waals surface area (Å²) in [4.78, 5) is 25.8. The van der Waals surface area contributed by atoms with Gasteiger partial charge in [0.1, 0.15) is 18.2 Å². The van der Waals surface area contributed by atoms with Crippen LogP contribution in [0, 0.1) is 11.7 Å². The van der Waals surface area contributed by atoms with E-state index in [9.17, 15) is 27.2 Å². The van der Waals surface area contributed by atoms with Gasteiger partial charge < -0.3 is 19.7 Å². The number of hydrogen-bond acceptors (Lipinski definition) is 5. The second kappa shape index (κ2) is 10.7. The van der Waals surface area contributed by atoms with E-state index in [0.717, 1.165) is 6.07 Å². The first-order valence-corrected chi connectivity index (χ1v) is 10.5. The lowest BCUT2D eigenvalue weighted by Crippen LogP contribution is -2.42. The normalized spacial score (nSPS) is 23.0. The quantitative estimate of drug-likeness (QED) is 0.548. The number of carbonyl (C=O) groups excluding carboxylic acids is 2. The predicted molar refractivity (Wildman–Crippen MR) is 105 cm³/mol. The Bertz CT molecular complexity index is 820. The van der Waals surface area contributed by atoms with Crippen LogP contribution in [-0.2, 0) is 19.1 Å². The molecule has 1 atom stereocenters. The highest BCUT2D eigenvalue weighted by Crippen LogP contribution is 2.32. The Morgan fingerprint density at radius 3 is 2.62 bits per heavy atom. The molecule has 0 spiro atoms. The van der Waals surface area contributed by atoms with Crippen LogP contribution in [0.2, 0.25) is 5.02 Å². The van der Waals surface area contributed by atoms with Crippen molar-refractivity contribution in [3.8, 4) is 5.75 Å². The zero-order valence-corrected chi connectivity index (χ0v) is 17.8. The molecule has 178 valence electrons. The van der Waals surface area contributed by atoms with Gasteiger partial charge in [0.25, 0.3) is 5.91 Å². The molecule has 12 heteroatoms. The maximum Gasteiger partial charge on any atom is 0.522 e. The fraction of sp³-hybridized carbons (Fsp3) is 0.600. The highest BCUT2D eigenvalue weighted by molar-refractivity contribution is 6.30. The molecule has 2 aliphatic rings. The zero-order chi connectivity index (χ0) is 23.3. The van der Waals surface area contributed by atoms with E-state index in [-0.39, 0.29) is 54.6 Å². The van der Waals surface area contributed by atoms with Gasteiger partial charge in [-0.2, -0.15) is 0 Å². The van der Waals surface area contributed by atoms with E-state index in [2.05, 4.69) is 10.1 Å². The van der Waals surface area contributed by atoms with E-state index in [4.69, 9.17) is 21.1 Å². The van der Waals surface area contributed by atoms with Gasteiger partial charge in [0.05, 0.1) is 17.2 Å². The first-order chi connectivity index (χ1) is 15.1. The minimum Gasteiger partial charge on any atom is -0.484 e. The molecule has 7 nitrogen and oxygen atoms in total. The van der Waals surface area contributed by atoms with E-state index >= 15 is 0 Å². The number of nitrogens with zero attached hydrogens (tertiary/aromatic N) is 1. The van der Waals surface area contributed by atoms with Gasteiger partial charge in [0.15, 0.2) is 6.61 Å². The molecule has 2 fully saturated rings. The zero-order valence-electron chi connectivity index (χ0n) is 17.0. The van der Waals surface area contributed by atoms with Gasteiger partial charge >= 0.3 is 6.36 Å². The number of ether oxygens (including phenoxy) is 3. The molecule has 1 aromatic carbocycles. The molecule has 0 bridgehead atoms. The third-order valence-corrected chi connectivity index (χ3v) is 5.59. The molecular weight excluding hydrogens is 460 g/mol. The summed E-state index contributed by atoms with van der Waals surface area (Å²) in [6, 6.07) is 3.87. The highest BCUT2D eigenvalue weighted by Gasteiger charge is 2.41. The van der Waals surface area contributed by atoms with Crippen molar-refractivity contribution < 1.29 is 41.4 Å². The number of likely N-dealkylation sites (tertiary alicyclic amines) is 1. The van der Waals surface area contributed by atoms with Gasteiger partial charge in [-0.25, -0.2) is 4.39 Å². The van der Waals surface area contributed by atoms with Crippen LogP contribution in [0.5, 0.6) is 5.75 Å². The summed E-state index contributed by atoms with van der Waals surface area (Å²) in [5, 5.41) is 2.67. The number of nitrogens with one attached hydrogen (secondary N) is 1. The summed E-state index contributed by atoms with van der Waals surface area (Å²) in [5.74, 6) is -1.02. The molecule has 1 aliphatic heterocycles. The molecule has 1 aromatic rings. The summed E-state index contributed by atoms with van der Waals surface area (Å²) in [7, 11) is 0. The van der Waals surface area contributed by atoms with Gasteiger partial charge in [0.2, 0.25) is 5.91 Å². The minimum absolute atomic E-state index is 0.0418. The highest BCUT2D eigenvalue weighted by atomic mass is 35.5. The van der Waals surface area contributed by atoms with Gasteiger partial charge in [-0.3, -0.25) is 14.3 Å². The van der Waals surface area contributed by atoms with Gasteiger partial charge in [-0.15, -0.1) is 13.2 Å². The molecule has 1 heterocycles. The molecule has 1 saturated heterocycles. The number of benzene rings is 1. The monoisotopic (exact) mass is 482 g/mol. The lowest BCUT2D eigenvalue weighted by Gasteiger charge is -2.35. The van der Waals surface area contributed by atoms with Crippen molar-refractivity contribution in [3.05, 3.63) is 29.0 Å². The van der Waals surface area contributed by atoms with Crippen LogP contribution in [0.25, 0.3) is 0 Å². The van der Waals surface area contributed by atoms with Crippen LogP contribution in [0.1, 0.15) is 19.3 Å². The van der Waals surface area contributed by atoms with Crippen LogP contribution < -0.4 is 10.1 Å². The lowest BCUT2D eigenvalue weighted by atomic mass is 9.92. The van der Waals surface area contributed by atoms with Crippen molar-refractivity contribution in [2.75, 3.05) is 32.8 Å². The topological polar surface area (TPSA) is 77.1 Å². The third-order valence-electron chi connectivity index (χ3n) is 5.28. The number of hydrogen-bond donors (Lipinski definition) is 1. The number of alkyl halides is 3. The molecule has 0 unspecified atom stereocenters. The summed E-state index contributed by atoms with van der Waals surface area (Å²) < 4.78 is 64.1. The van der Waals surface area contributed by atoms with Crippen LogP contribution >= 0.6 is 11.6 Å². The molecule has 1 N–H and O–H groups in total. The van der Waals surface area contributed by atoms with E-state index in [1.165, 1.54) is 12.1 Å². The number of rotatable bonds is 9. The van der Waals surface area contributed by atoms with Crippen LogP contribution in [-0.4, -0.2) is 68.1 Å². The fourth-order valence-electron chi connectivity index (χ4n) is 3.47. The maximum atomic E-state index is 13.4. The fourth-order valence-corrected chi connectivity index (χ4v) is 3.59. The van der Waals surface area contributed by atoms with Crippen molar-refractivity contribution in [2.45, 2.75) is 37.8 Å². The Hall–Kier alpha value is -2.11. The average molecular weight is 483 g/mol. The molecular formula is C20H23ClF4N2O5. The Labute approximate surface area is 186 Å². The van der Waals surface area contributed by atoms with E-state index in [1.807, 2.05) is 0 Å². The summed E-state index contributed by atoms with van der Waals surface area (Å²) in [6.07, 6.45) is -5.10.